The van der Waals surface area contributed by atoms with Crippen LogP contribution in [-0.4, -0.2) is 34.2 Å². The number of aromatic nitrogens is 2. The van der Waals surface area contributed by atoms with E-state index in [1.165, 1.54) is 18.4 Å². The summed E-state index contributed by atoms with van der Waals surface area (Å²) >= 11 is 0. The van der Waals surface area contributed by atoms with E-state index < -0.39 is 0 Å². The molecule has 1 N–H and O–H groups in total. The molecule has 1 atom stereocenters. The number of carbonyl (C=O) groups is 1. The Morgan fingerprint density at radius 1 is 1.58 bits per heavy atom. The van der Waals surface area contributed by atoms with Crippen molar-refractivity contribution in [2.75, 3.05) is 13.1 Å². The molecular formula is C15H19N3O. The van der Waals surface area contributed by atoms with Crippen molar-refractivity contribution in [3.05, 3.63) is 29.6 Å². The second-order valence-electron chi connectivity index (χ2n) is 5.54. The minimum atomic E-state index is 0.521. The van der Waals surface area contributed by atoms with Gasteiger partial charge in [0, 0.05) is 19.3 Å². The van der Waals surface area contributed by atoms with Crippen LogP contribution >= 0.6 is 0 Å². The van der Waals surface area contributed by atoms with Gasteiger partial charge in [0.05, 0.1) is 11.0 Å². The first-order valence-corrected chi connectivity index (χ1v) is 6.91. The molecule has 3 heterocycles. The SMILES string of the molecule is C[C@H]1CCCN(Cc2cc(C=O)nc3cc[nH]c23)C1. The lowest BCUT2D eigenvalue weighted by molar-refractivity contribution is 0.111. The van der Waals surface area contributed by atoms with E-state index in [-0.39, 0.29) is 0 Å². The molecule has 1 saturated heterocycles. The largest absolute Gasteiger partial charge is 0.360 e. The Morgan fingerprint density at radius 3 is 3.26 bits per heavy atom. The van der Waals surface area contributed by atoms with E-state index in [1.807, 2.05) is 18.3 Å². The van der Waals surface area contributed by atoms with E-state index in [4.69, 9.17) is 0 Å². The number of carbonyl (C=O) groups excluding carboxylic acids is 1. The second-order valence-corrected chi connectivity index (χ2v) is 5.54. The molecule has 1 aliphatic rings. The van der Waals surface area contributed by atoms with Crippen LogP contribution in [0.4, 0.5) is 0 Å². The van der Waals surface area contributed by atoms with Gasteiger partial charge in [-0.1, -0.05) is 6.92 Å². The maximum Gasteiger partial charge on any atom is 0.168 e. The fraction of sp³-hybridized carbons (Fsp3) is 0.467. The van der Waals surface area contributed by atoms with Crippen molar-refractivity contribution in [1.82, 2.24) is 14.9 Å². The molecule has 0 bridgehead atoms. The molecule has 1 aliphatic heterocycles. The maximum atomic E-state index is 11.0. The van der Waals surface area contributed by atoms with Crippen LogP contribution in [0, 0.1) is 5.92 Å². The van der Waals surface area contributed by atoms with Crippen LogP contribution in [0.25, 0.3) is 11.0 Å². The third-order valence-corrected chi connectivity index (χ3v) is 3.87. The van der Waals surface area contributed by atoms with Gasteiger partial charge in [0.2, 0.25) is 0 Å². The van der Waals surface area contributed by atoms with E-state index in [2.05, 4.69) is 21.8 Å². The molecule has 3 rings (SSSR count). The number of rotatable bonds is 3. The summed E-state index contributed by atoms with van der Waals surface area (Å²) in [6, 6.07) is 3.83. The van der Waals surface area contributed by atoms with Gasteiger partial charge in [0.1, 0.15) is 5.69 Å². The summed E-state index contributed by atoms with van der Waals surface area (Å²) in [7, 11) is 0. The minimum absolute atomic E-state index is 0.521. The van der Waals surface area contributed by atoms with Crippen LogP contribution in [0.1, 0.15) is 35.8 Å². The van der Waals surface area contributed by atoms with Crippen LogP contribution in [-0.2, 0) is 6.54 Å². The normalized spacial score (nSPS) is 20.8. The first-order chi connectivity index (χ1) is 9.26. The second kappa shape index (κ2) is 5.13. The average molecular weight is 257 g/mol. The van der Waals surface area contributed by atoms with Gasteiger partial charge in [-0.25, -0.2) is 4.98 Å². The first kappa shape index (κ1) is 12.4. The molecule has 19 heavy (non-hydrogen) atoms. The molecular weight excluding hydrogens is 238 g/mol. The Bertz CT molecular complexity index is 590. The van der Waals surface area contributed by atoms with Crippen molar-refractivity contribution in [1.29, 1.82) is 0 Å². The van der Waals surface area contributed by atoms with Crippen molar-refractivity contribution in [3.63, 3.8) is 0 Å². The fourth-order valence-electron chi connectivity index (χ4n) is 2.99. The number of H-pyrrole nitrogens is 1. The molecule has 4 heteroatoms. The molecule has 100 valence electrons. The minimum Gasteiger partial charge on any atom is -0.360 e. The zero-order chi connectivity index (χ0) is 13.2. The van der Waals surface area contributed by atoms with Gasteiger partial charge >= 0.3 is 0 Å². The van der Waals surface area contributed by atoms with Crippen LogP contribution in [0.2, 0.25) is 0 Å². The molecule has 0 spiro atoms. The molecule has 0 radical (unpaired) electrons. The van der Waals surface area contributed by atoms with Gasteiger partial charge < -0.3 is 4.98 Å². The van der Waals surface area contributed by atoms with Crippen molar-refractivity contribution >= 4 is 17.3 Å². The molecule has 0 unspecified atom stereocenters. The number of likely N-dealkylation sites (tertiary alicyclic amines) is 1. The van der Waals surface area contributed by atoms with Gasteiger partial charge in [0.15, 0.2) is 6.29 Å². The van der Waals surface area contributed by atoms with Gasteiger partial charge in [0.25, 0.3) is 0 Å². The van der Waals surface area contributed by atoms with Crippen LogP contribution in [0.5, 0.6) is 0 Å². The van der Waals surface area contributed by atoms with Gasteiger partial charge in [-0.3, -0.25) is 9.69 Å². The smallest absolute Gasteiger partial charge is 0.168 e. The highest BCUT2D eigenvalue weighted by Gasteiger charge is 2.18. The predicted molar refractivity (Wildman–Crippen MR) is 75.2 cm³/mol. The van der Waals surface area contributed by atoms with Crippen LogP contribution < -0.4 is 0 Å². The van der Waals surface area contributed by atoms with Crippen LogP contribution in [0.15, 0.2) is 18.3 Å². The van der Waals surface area contributed by atoms with Crippen molar-refractivity contribution in [2.45, 2.75) is 26.3 Å². The Labute approximate surface area is 112 Å². The van der Waals surface area contributed by atoms with E-state index in [0.29, 0.717) is 5.69 Å². The molecule has 0 aromatic carbocycles. The van der Waals surface area contributed by atoms with Crippen molar-refractivity contribution < 1.29 is 4.79 Å². The Hall–Kier alpha value is -1.68. The highest BCUT2D eigenvalue weighted by Crippen LogP contribution is 2.22. The third-order valence-electron chi connectivity index (χ3n) is 3.87. The third kappa shape index (κ3) is 2.54. The number of piperidine rings is 1. The topological polar surface area (TPSA) is 49.0 Å². The summed E-state index contributed by atoms with van der Waals surface area (Å²) < 4.78 is 0. The zero-order valence-corrected chi connectivity index (χ0v) is 11.2. The maximum absolute atomic E-state index is 11.0. The number of aromatic amines is 1. The molecule has 0 aliphatic carbocycles. The number of hydrogen-bond acceptors (Lipinski definition) is 3. The number of nitrogens with one attached hydrogen (secondary N) is 1. The Balaban J connectivity index is 1.90. The van der Waals surface area contributed by atoms with Gasteiger partial charge in [-0.05, 0) is 43.0 Å². The highest BCUT2D eigenvalue weighted by atomic mass is 16.1. The number of pyridine rings is 1. The number of aldehydes is 1. The standard InChI is InChI=1S/C15H19N3O/c1-11-3-2-6-18(8-11)9-12-7-13(10-19)17-14-4-5-16-15(12)14/h4-5,7,10-11,16H,2-3,6,8-9H2,1H3/t11-/m0/s1. The average Bonchev–Trinajstić information content (AvgIpc) is 2.87. The predicted octanol–water partition coefficient (Wildman–Crippen LogP) is 2.61. The summed E-state index contributed by atoms with van der Waals surface area (Å²) in [4.78, 5) is 21.0. The van der Waals surface area contributed by atoms with E-state index in [9.17, 15) is 4.79 Å². The van der Waals surface area contributed by atoms with Crippen molar-refractivity contribution in [2.24, 2.45) is 5.92 Å². The molecule has 2 aromatic heterocycles. The highest BCUT2D eigenvalue weighted by molar-refractivity contribution is 5.84. The van der Waals surface area contributed by atoms with Crippen molar-refractivity contribution in [3.8, 4) is 0 Å². The summed E-state index contributed by atoms with van der Waals surface area (Å²) in [5.74, 6) is 0.764. The molecule has 4 nitrogen and oxygen atoms in total. The van der Waals surface area contributed by atoms with E-state index >= 15 is 0 Å². The Kier molecular flexibility index (Phi) is 3.34. The lowest BCUT2D eigenvalue weighted by Crippen LogP contribution is -2.33. The summed E-state index contributed by atoms with van der Waals surface area (Å²) in [6.07, 6.45) is 5.30. The number of nitrogens with zero attached hydrogens (tertiary/aromatic N) is 2. The van der Waals surface area contributed by atoms with Gasteiger partial charge in [-0.15, -0.1) is 0 Å². The summed E-state index contributed by atoms with van der Waals surface area (Å²) in [6.45, 7) is 5.48. The summed E-state index contributed by atoms with van der Waals surface area (Å²) in [5.41, 5.74) is 3.63. The number of hydrogen-bond donors (Lipinski definition) is 1. The monoisotopic (exact) mass is 257 g/mol. The molecule has 0 saturated carbocycles. The molecule has 0 amide bonds. The number of fused-ring (bicyclic) bond motifs is 1. The lowest BCUT2D eigenvalue weighted by Gasteiger charge is -2.30. The molecule has 1 fully saturated rings. The van der Waals surface area contributed by atoms with E-state index in [0.717, 1.165) is 42.9 Å². The van der Waals surface area contributed by atoms with E-state index in [1.54, 1.807) is 0 Å². The molecule has 2 aromatic rings. The lowest BCUT2D eigenvalue weighted by atomic mass is 9.99. The van der Waals surface area contributed by atoms with Crippen LogP contribution in [0.3, 0.4) is 0 Å². The Morgan fingerprint density at radius 2 is 2.47 bits per heavy atom. The zero-order valence-electron chi connectivity index (χ0n) is 11.2. The fourth-order valence-corrected chi connectivity index (χ4v) is 2.99. The summed E-state index contributed by atoms with van der Waals surface area (Å²) in [5, 5.41) is 0. The first-order valence-electron chi connectivity index (χ1n) is 6.91. The van der Waals surface area contributed by atoms with Gasteiger partial charge in [-0.2, -0.15) is 0 Å². The quantitative estimate of drug-likeness (QED) is 0.860.